The van der Waals surface area contributed by atoms with Crippen molar-refractivity contribution in [3.05, 3.63) is 24.3 Å². The van der Waals surface area contributed by atoms with Crippen LogP contribution in [0.25, 0.3) is 0 Å². The highest BCUT2D eigenvalue weighted by Crippen LogP contribution is 2.24. The van der Waals surface area contributed by atoms with E-state index in [0.717, 1.165) is 23.9 Å². The van der Waals surface area contributed by atoms with Crippen molar-refractivity contribution in [1.29, 1.82) is 0 Å². The number of tetrazole rings is 1. The molecule has 1 amide bonds. The number of hydrogen-bond acceptors (Lipinski definition) is 6. The van der Waals surface area contributed by atoms with E-state index in [2.05, 4.69) is 25.6 Å². The number of carbonyl (C=O) groups excluding carboxylic acids is 1. The fourth-order valence-electron chi connectivity index (χ4n) is 1.41. The molecule has 11 heteroatoms. The third kappa shape index (κ3) is 4.91. The highest BCUT2D eigenvalue weighted by atomic mass is 32.2. The van der Waals surface area contributed by atoms with Gasteiger partial charge in [-0.3, -0.25) is 4.79 Å². The van der Waals surface area contributed by atoms with Crippen molar-refractivity contribution < 1.29 is 22.7 Å². The molecule has 22 heavy (non-hydrogen) atoms. The quantitative estimate of drug-likeness (QED) is 0.841. The summed E-state index contributed by atoms with van der Waals surface area (Å²) in [6.45, 7) is 0. The van der Waals surface area contributed by atoms with Gasteiger partial charge in [-0.25, -0.2) is 4.68 Å². The Balaban J connectivity index is 1.85. The van der Waals surface area contributed by atoms with Crippen LogP contribution >= 0.6 is 11.8 Å². The van der Waals surface area contributed by atoms with E-state index in [-0.39, 0.29) is 17.4 Å². The van der Waals surface area contributed by atoms with Crippen molar-refractivity contribution in [3.63, 3.8) is 0 Å². The number of nitrogens with zero attached hydrogens (tertiary/aromatic N) is 4. The third-order valence-corrected chi connectivity index (χ3v) is 3.30. The van der Waals surface area contributed by atoms with Gasteiger partial charge >= 0.3 is 6.36 Å². The van der Waals surface area contributed by atoms with Gasteiger partial charge in [0.2, 0.25) is 11.1 Å². The molecule has 1 aromatic carbocycles. The Hall–Kier alpha value is -2.30. The Morgan fingerprint density at radius 2 is 2.05 bits per heavy atom. The largest absolute Gasteiger partial charge is 0.573 e. The predicted molar refractivity (Wildman–Crippen MR) is 71.3 cm³/mol. The van der Waals surface area contributed by atoms with Crippen LogP contribution in [0.1, 0.15) is 0 Å². The van der Waals surface area contributed by atoms with Crippen molar-refractivity contribution in [3.8, 4) is 5.75 Å². The normalized spacial score (nSPS) is 11.3. The molecule has 118 valence electrons. The molecular formula is C11H10F3N5O2S. The SMILES string of the molecule is Cn1nnnc1SCC(=O)Nc1ccc(OC(F)(F)F)cc1. The maximum atomic E-state index is 12.0. The van der Waals surface area contributed by atoms with E-state index in [9.17, 15) is 18.0 Å². The number of benzene rings is 1. The lowest BCUT2D eigenvalue weighted by atomic mass is 10.3. The molecular weight excluding hydrogens is 323 g/mol. The molecule has 1 heterocycles. The summed E-state index contributed by atoms with van der Waals surface area (Å²) in [5.41, 5.74) is 0.358. The Morgan fingerprint density at radius 3 is 2.59 bits per heavy atom. The van der Waals surface area contributed by atoms with Gasteiger partial charge in [-0.05, 0) is 34.7 Å². The molecule has 0 saturated heterocycles. The monoisotopic (exact) mass is 333 g/mol. The van der Waals surface area contributed by atoms with Crippen LogP contribution in [0, 0.1) is 0 Å². The van der Waals surface area contributed by atoms with Crippen LogP contribution in [0.15, 0.2) is 29.4 Å². The molecule has 1 aromatic heterocycles. The van der Waals surface area contributed by atoms with Crippen LogP contribution in [0.5, 0.6) is 5.75 Å². The number of aromatic nitrogens is 4. The number of carbonyl (C=O) groups is 1. The predicted octanol–water partition coefficient (Wildman–Crippen LogP) is 1.84. The van der Waals surface area contributed by atoms with Gasteiger partial charge < -0.3 is 10.1 Å². The number of halogens is 3. The minimum atomic E-state index is -4.74. The summed E-state index contributed by atoms with van der Waals surface area (Å²) >= 11 is 1.13. The number of ether oxygens (including phenoxy) is 1. The van der Waals surface area contributed by atoms with E-state index in [0.29, 0.717) is 10.8 Å². The van der Waals surface area contributed by atoms with E-state index >= 15 is 0 Å². The summed E-state index contributed by atoms with van der Waals surface area (Å²) in [5, 5.41) is 13.8. The minimum Gasteiger partial charge on any atom is -0.406 e. The summed E-state index contributed by atoms with van der Waals surface area (Å²) in [5.74, 6) is -0.628. The average Bonchev–Trinajstić information content (AvgIpc) is 2.83. The zero-order chi connectivity index (χ0) is 16.2. The molecule has 2 aromatic rings. The molecule has 0 aliphatic heterocycles. The maximum absolute atomic E-state index is 12.0. The number of rotatable bonds is 5. The summed E-state index contributed by atoms with van der Waals surface area (Å²) in [4.78, 5) is 11.7. The van der Waals surface area contributed by atoms with Crippen LogP contribution in [-0.2, 0) is 11.8 Å². The van der Waals surface area contributed by atoms with Gasteiger partial charge in [0, 0.05) is 12.7 Å². The molecule has 7 nitrogen and oxygen atoms in total. The highest BCUT2D eigenvalue weighted by Gasteiger charge is 2.30. The van der Waals surface area contributed by atoms with Gasteiger partial charge in [-0.2, -0.15) is 0 Å². The number of thioether (sulfide) groups is 1. The lowest BCUT2D eigenvalue weighted by Crippen LogP contribution is -2.17. The van der Waals surface area contributed by atoms with E-state index in [1.165, 1.54) is 16.8 Å². The molecule has 1 N–H and O–H groups in total. The fraction of sp³-hybridized carbons (Fsp3) is 0.273. The smallest absolute Gasteiger partial charge is 0.406 e. The summed E-state index contributed by atoms with van der Waals surface area (Å²) in [6, 6.07) is 4.85. The Kier molecular flexibility index (Phi) is 4.85. The van der Waals surface area contributed by atoms with E-state index < -0.39 is 6.36 Å². The summed E-state index contributed by atoms with van der Waals surface area (Å²) in [6.07, 6.45) is -4.74. The average molecular weight is 333 g/mol. The maximum Gasteiger partial charge on any atom is 0.573 e. The summed E-state index contributed by atoms with van der Waals surface area (Å²) < 4.78 is 41.2. The van der Waals surface area contributed by atoms with E-state index in [4.69, 9.17) is 0 Å². The fourth-order valence-corrected chi connectivity index (χ4v) is 2.06. The van der Waals surface area contributed by atoms with Crippen molar-refractivity contribution in [2.75, 3.05) is 11.1 Å². The standard InChI is InChI=1S/C11H10F3N5O2S/c1-19-10(16-17-18-19)22-6-9(20)15-7-2-4-8(5-3-7)21-11(12,13)14/h2-5H,6H2,1H3,(H,15,20). The Labute approximate surface area is 126 Å². The summed E-state index contributed by atoms with van der Waals surface area (Å²) in [7, 11) is 1.64. The first-order chi connectivity index (χ1) is 10.3. The zero-order valence-electron chi connectivity index (χ0n) is 11.2. The molecule has 0 atom stereocenters. The van der Waals surface area contributed by atoms with E-state index in [1.807, 2.05) is 0 Å². The lowest BCUT2D eigenvalue weighted by molar-refractivity contribution is -0.274. The Bertz CT molecular complexity index is 644. The Morgan fingerprint density at radius 1 is 1.36 bits per heavy atom. The molecule has 0 radical (unpaired) electrons. The van der Waals surface area contributed by atoms with Crippen LogP contribution in [0.3, 0.4) is 0 Å². The highest BCUT2D eigenvalue weighted by molar-refractivity contribution is 7.99. The third-order valence-electron chi connectivity index (χ3n) is 2.29. The van der Waals surface area contributed by atoms with Crippen LogP contribution < -0.4 is 10.1 Å². The van der Waals surface area contributed by atoms with E-state index in [1.54, 1.807) is 7.05 Å². The number of aryl methyl sites for hydroxylation is 1. The molecule has 0 aliphatic carbocycles. The van der Waals surface area contributed by atoms with Crippen molar-refractivity contribution in [2.24, 2.45) is 7.05 Å². The molecule has 0 bridgehead atoms. The molecule has 2 rings (SSSR count). The number of amides is 1. The molecule has 0 saturated carbocycles. The van der Waals surface area contributed by atoms with Crippen molar-refractivity contribution in [1.82, 2.24) is 20.2 Å². The second-order valence-corrected chi connectivity index (χ2v) is 4.94. The van der Waals surface area contributed by atoms with Gasteiger partial charge in [0.05, 0.1) is 5.75 Å². The second-order valence-electron chi connectivity index (χ2n) is 3.99. The van der Waals surface area contributed by atoms with Gasteiger partial charge in [-0.1, -0.05) is 11.8 Å². The van der Waals surface area contributed by atoms with Crippen LogP contribution in [0.2, 0.25) is 0 Å². The van der Waals surface area contributed by atoms with Gasteiger partial charge in [0.15, 0.2) is 0 Å². The lowest BCUT2D eigenvalue weighted by Gasteiger charge is -2.09. The van der Waals surface area contributed by atoms with Gasteiger partial charge in [0.1, 0.15) is 5.75 Å². The number of anilines is 1. The first-order valence-corrected chi connectivity index (χ1v) is 6.83. The van der Waals surface area contributed by atoms with Crippen LogP contribution in [0.4, 0.5) is 18.9 Å². The molecule has 0 fully saturated rings. The molecule has 0 spiro atoms. The molecule has 0 unspecified atom stereocenters. The van der Waals surface area contributed by atoms with Gasteiger partial charge in [0.25, 0.3) is 0 Å². The topological polar surface area (TPSA) is 81.9 Å². The molecule has 0 aliphatic rings. The number of alkyl halides is 3. The first kappa shape index (κ1) is 16.1. The number of nitrogens with one attached hydrogen (secondary N) is 1. The van der Waals surface area contributed by atoms with Crippen molar-refractivity contribution >= 4 is 23.4 Å². The second kappa shape index (κ2) is 6.64. The van der Waals surface area contributed by atoms with Crippen LogP contribution in [-0.4, -0.2) is 38.2 Å². The van der Waals surface area contributed by atoms with Gasteiger partial charge in [-0.15, -0.1) is 18.3 Å². The zero-order valence-corrected chi connectivity index (χ0v) is 12.0. The number of hydrogen-bond donors (Lipinski definition) is 1. The minimum absolute atomic E-state index is 0.0645. The van der Waals surface area contributed by atoms with Crippen molar-refractivity contribution in [2.45, 2.75) is 11.5 Å². The first-order valence-electron chi connectivity index (χ1n) is 5.84.